The van der Waals surface area contributed by atoms with E-state index in [0.717, 1.165) is 24.4 Å². The maximum atomic E-state index is 12.2. The van der Waals surface area contributed by atoms with Crippen molar-refractivity contribution >= 4 is 5.91 Å². The molecule has 1 unspecified atom stereocenters. The Bertz CT molecular complexity index is 458. The lowest BCUT2D eigenvalue weighted by atomic mass is 10.0. The monoisotopic (exact) mass is 250 g/mol. The molecule has 0 spiro atoms. The smallest absolute Gasteiger partial charge is 0.255 e. The molecule has 1 saturated heterocycles. The number of amides is 1. The summed E-state index contributed by atoms with van der Waals surface area (Å²) in [6.07, 6.45) is 2.29. The van der Waals surface area contributed by atoms with Crippen molar-refractivity contribution in [2.45, 2.75) is 39.2 Å². The Morgan fingerprint density at radius 1 is 1.56 bits per heavy atom. The van der Waals surface area contributed by atoms with Crippen LogP contribution in [0.2, 0.25) is 0 Å². The van der Waals surface area contributed by atoms with Crippen molar-refractivity contribution in [3.63, 3.8) is 0 Å². The minimum absolute atomic E-state index is 0.0203. The number of aromatic nitrogens is 2. The van der Waals surface area contributed by atoms with Gasteiger partial charge >= 0.3 is 0 Å². The molecular weight excluding hydrogens is 228 g/mol. The topological polar surface area (TPSA) is 59.0 Å². The van der Waals surface area contributed by atoms with Crippen LogP contribution >= 0.6 is 0 Å². The van der Waals surface area contributed by atoms with Crippen LogP contribution in [0.15, 0.2) is 0 Å². The van der Waals surface area contributed by atoms with Crippen LogP contribution in [0.1, 0.15) is 41.5 Å². The Morgan fingerprint density at radius 3 is 2.78 bits per heavy atom. The maximum Gasteiger partial charge on any atom is 0.255 e. The number of carbonyl (C=O) groups excluding carboxylic acids is 1. The van der Waals surface area contributed by atoms with Crippen molar-refractivity contribution in [1.82, 2.24) is 20.4 Å². The molecule has 100 valence electrons. The molecule has 0 radical (unpaired) electrons. The molecule has 0 aromatic carbocycles. The molecule has 18 heavy (non-hydrogen) atoms. The van der Waals surface area contributed by atoms with Crippen molar-refractivity contribution in [3.05, 3.63) is 17.0 Å². The van der Waals surface area contributed by atoms with E-state index < -0.39 is 0 Å². The van der Waals surface area contributed by atoms with Crippen molar-refractivity contribution in [1.29, 1.82) is 0 Å². The summed E-state index contributed by atoms with van der Waals surface area (Å²) < 4.78 is 1.75. The fourth-order valence-electron chi connectivity index (χ4n) is 2.57. The number of rotatable bonds is 3. The van der Waals surface area contributed by atoms with Gasteiger partial charge in [-0.25, -0.2) is 0 Å². The molecular formula is C13H22N4O. The molecule has 1 aliphatic rings. The summed E-state index contributed by atoms with van der Waals surface area (Å²) in [7, 11) is 1.86. The zero-order valence-corrected chi connectivity index (χ0v) is 11.6. The molecule has 2 N–H and O–H groups in total. The van der Waals surface area contributed by atoms with Gasteiger partial charge in [0.15, 0.2) is 0 Å². The Morgan fingerprint density at radius 2 is 2.28 bits per heavy atom. The van der Waals surface area contributed by atoms with Gasteiger partial charge in [0, 0.05) is 24.8 Å². The molecule has 1 atom stereocenters. The summed E-state index contributed by atoms with van der Waals surface area (Å²) in [5.41, 5.74) is 2.45. The van der Waals surface area contributed by atoms with E-state index in [1.165, 1.54) is 6.42 Å². The van der Waals surface area contributed by atoms with Crippen molar-refractivity contribution in [2.75, 3.05) is 13.1 Å². The minimum atomic E-state index is -0.0203. The third-order valence-electron chi connectivity index (χ3n) is 3.83. The predicted molar refractivity (Wildman–Crippen MR) is 70.7 cm³/mol. The van der Waals surface area contributed by atoms with E-state index >= 15 is 0 Å². The number of carbonyl (C=O) groups is 1. The normalized spacial score (nSPS) is 23.3. The Labute approximate surface area is 108 Å². The first-order chi connectivity index (χ1) is 8.43. The van der Waals surface area contributed by atoms with E-state index in [9.17, 15) is 4.79 Å². The van der Waals surface area contributed by atoms with Gasteiger partial charge in [0.2, 0.25) is 0 Å². The molecule has 5 nitrogen and oxygen atoms in total. The Balaban J connectivity index is 2.04. The molecule has 1 aromatic rings. The minimum Gasteiger partial charge on any atom is -0.350 e. The van der Waals surface area contributed by atoms with Crippen LogP contribution in [0.4, 0.5) is 0 Å². The van der Waals surface area contributed by atoms with Crippen molar-refractivity contribution < 1.29 is 4.79 Å². The van der Waals surface area contributed by atoms with Gasteiger partial charge in [-0.3, -0.25) is 9.48 Å². The van der Waals surface area contributed by atoms with E-state index in [2.05, 4.69) is 22.7 Å². The lowest BCUT2D eigenvalue weighted by Crippen LogP contribution is -2.47. The molecule has 1 aromatic heterocycles. The summed E-state index contributed by atoms with van der Waals surface area (Å²) in [5, 5.41) is 10.7. The van der Waals surface area contributed by atoms with E-state index in [0.29, 0.717) is 12.1 Å². The second-order valence-corrected chi connectivity index (χ2v) is 5.44. The number of nitrogens with zero attached hydrogens (tertiary/aromatic N) is 2. The molecule has 0 bridgehead atoms. The third-order valence-corrected chi connectivity index (χ3v) is 3.83. The van der Waals surface area contributed by atoms with Gasteiger partial charge in [-0.05, 0) is 40.2 Å². The number of hydrogen-bond donors (Lipinski definition) is 2. The Kier molecular flexibility index (Phi) is 3.43. The first kappa shape index (κ1) is 13.1. The highest BCUT2D eigenvalue weighted by Crippen LogP contribution is 2.18. The van der Waals surface area contributed by atoms with Crippen LogP contribution in [-0.4, -0.2) is 34.3 Å². The van der Waals surface area contributed by atoms with Crippen LogP contribution in [-0.2, 0) is 7.05 Å². The number of hydrogen-bond acceptors (Lipinski definition) is 3. The average Bonchev–Trinajstić information content (AvgIpc) is 2.83. The van der Waals surface area contributed by atoms with Crippen molar-refractivity contribution in [3.8, 4) is 0 Å². The highest BCUT2D eigenvalue weighted by molar-refractivity contribution is 5.96. The van der Waals surface area contributed by atoms with Crippen LogP contribution in [0.5, 0.6) is 0 Å². The maximum absolute atomic E-state index is 12.2. The first-order valence-corrected chi connectivity index (χ1v) is 6.46. The molecule has 5 heteroatoms. The molecule has 1 aliphatic heterocycles. The zero-order valence-electron chi connectivity index (χ0n) is 11.6. The molecule has 0 aliphatic carbocycles. The third kappa shape index (κ3) is 2.41. The second-order valence-electron chi connectivity index (χ2n) is 5.44. The van der Waals surface area contributed by atoms with E-state index in [4.69, 9.17) is 0 Å². The van der Waals surface area contributed by atoms with Crippen LogP contribution < -0.4 is 10.6 Å². The van der Waals surface area contributed by atoms with Crippen LogP contribution in [0.25, 0.3) is 0 Å². The van der Waals surface area contributed by atoms with E-state index in [1.54, 1.807) is 4.68 Å². The predicted octanol–water partition coefficient (Wildman–Crippen LogP) is 0.909. The summed E-state index contributed by atoms with van der Waals surface area (Å²) in [6.45, 7) is 7.65. The van der Waals surface area contributed by atoms with Crippen molar-refractivity contribution in [2.24, 2.45) is 7.05 Å². The van der Waals surface area contributed by atoms with Crippen LogP contribution in [0, 0.1) is 13.8 Å². The SMILES string of the molecule is Cc1nn(C)c(C)c1C(=O)NCC1(C)CCCN1. The lowest BCUT2D eigenvalue weighted by Gasteiger charge is -2.24. The van der Waals surface area contributed by atoms with Gasteiger partial charge < -0.3 is 10.6 Å². The first-order valence-electron chi connectivity index (χ1n) is 6.46. The lowest BCUT2D eigenvalue weighted by molar-refractivity contribution is 0.0941. The van der Waals surface area contributed by atoms with Gasteiger partial charge in [0.05, 0.1) is 11.3 Å². The van der Waals surface area contributed by atoms with Crippen LogP contribution in [0.3, 0.4) is 0 Å². The molecule has 1 fully saturated rings. The van der Waals surface area contributed by atoms with E-state index in [-0.39, 0.29) is 11.4 Å². The Hall–Kier alpha value is -1.36. The second kappa shape index (κ2) is 4.72. The average molecular weight is 250 g/mol. The largest absolute Gasteiger partial charge is 0.350 e. The van der Waals surface area contributed by atoms with Gasteiger partial charge in [0.25, 0.3) is 5.91 Å². The van der Waals surface area contributed by atoms with Gasteiger partial charge in [0.1, 0.15) is 0 Å². The van der Waals surface area contributed by atoms with Gasteiger partial charge in [-0.15, -0.1) is 0 Å². The fourth-order valence-corrected chi connectivity index (χ4v) is 2.57. The summed E-state index contributed by atoms with van der Waals surface area (Å²) in [4.78, 5) is 12.2. The molecule has 0 saturated carbocycles. The fraction of sp³-hybridized carbons (Fsp3) is 0.692. The summed E-state index contributed by atoms with van der Waals surface area (Å²) >= 11 is 0. The quantitative estimate of drug-likeness (QED) is 0.838. The highest BCUT2D eigenvalue weighted by atomic mass is 16.1. The van der Waals surface area contributed by atoms with Gasteiger partial charge in [-0.2, -0.15) is 5.10 Å². The van der Waals surface area contributed by atoms with Gasteiger partial charge in [-0.1, -0.05) is 0 Å². The summed E-state index contributed by atoms with van der Waals surface area (Å²) in [6, 6.07) is 0. The molecule has 2 heterocycles. The standard InChI is InChI=1S/C13H22N4O/c1-9-11(10(2)17(4)16-9)12(18)14-8-13(3)6-5-7-15-13/h15H,5-8H2,1-4H3,(H,14,18). The highest BCUT2D eigenvalue weighted by Gasteiger charge is 2.29. The molecule has 2 rings (SSSR count). The molecule has 1 amide bonds. The van der Waals surface area contributed by atoms with E-state index in [1.807, 2.05) is 20.9 Å². The number of nitrogens with one attached hydrogen (secondary N) is 2. The summed E-state index contributed by atoms with van der Waals surface area (Å²) in [5.74, 6) is -0.0203. The zero-order chi connectivity index (χ0) is 13.3. The number of aryl methyl sites for hydroxylation is 2.